The average molecular weight is 350 g/mol. The van der Waals surface area contributed by atoms with Gasteiger partial charge >= 0.3 is 0 Å². The van der Waals surface area contributed by atoms with E-state index in [0.717, 1.165) is 4.47 Å². The minimum atomic E-state index is -0.131. The van der Waals surface area contributed by atoms with Gasteiger partial charge in [-0.15, -0.1) is 0 Å². The highest BCUT2D eigenvalue weighted by molar-refractivity contribution is 9.10. The molecule has 0 radical (unpaired) electrons. The summed E-state index contributed by atoms with van der Waals surface area (Å²) >= 11 is 3.36. The number of hydrogen-bond acceptors (Lipinski definition) is 3. The number of amides is 2. The van der Waals surface area contributed by atoms with Gasteiger partial charge < -0.3 is 10.2 Å². The van der Waals surface area contributed by atoms with Gasteiger partial charge in [-0.2, -0.15) is 5.26 Å². The first-order chi connectivity index (χ1) is 10.1. The second kappa shape index (κ2) is 7.23. The summed E-state index contributed by atoms with van der Waals surface area (Å²) in [5.41, 5.74) is 0.612. The van der Waals surface area contributed by atoms with E-state index in [2.05, 4.69) is 21.2 Å². The van der Waals surface area contributed by atoms with Crippen molar-refractivity contribution in [1.29, 1.82) is 5.26 Å². The quantitative estimate of drug-likeness (QED) is 0.907. The molecule has 0 aliphatic carbocycles. The Bertz CT molecular complexity index is 575. The van der Waals surface area contributed by atoms with Crippen LogP contribution < -0.4 is 5.32 Å². The molecule has 1 saturated heterocycles. The van der Waals surface area contributed by atoms with Crippen molar-refractivity contribution in [1.82, 2.24) is 10.2 Å². The van der Waals surface area contributed by atoms with Gasteiger partial charge in [0.2, 0.25) is 5.91 Å². The van der Waals surface area contributed by atoms with E-state index in [-0.39, 0.29) is 24.3 Å². The SMILES string of the molecule is N#CCC(=O)N1CCC(NC(=O)c2ccccc2Br)CC1. The van der Waals surface area contributed by atoms with E-state index >= 15 is 0 Å². The Kier molecular flexibility index (Phi) is 5.34. The molecular formula is C15H16BrN3O2. The van der Waals surface area contributed by atoms with Crippen LogP contribution in [-0.4, -0.2) is 35.8 Å². The normalized spacial score (nSPS) is 15.3. The molecule has 1 aromatic rings. The number of nitriles is 1. The zero-order chi connectivity index (χ0) is 15.2. The van der Waals surface area contributed by atoms with Crippen LogP contribution in [-0.2, 0) is 4.79 Å². The number of halogens is 1. The molecule has 1 aromatic carbocycles. The molecular weight excluding hydrogens is 334 g/mol. The molecule has 0 saturated carbocycles. The molecule has 0 unspecified atom stereocenters. The van der Waals surface area contributed by atoms with Crippen molar-refractivity contribution in [2.75, 3.05) is 13.1 Å². The zero-order valence-electron chi connectivity index (χ0n) is 11.5. The molecule has 1 heterocycles. The van der Waals surface area contributed by atoms with E-state index in [0.29, 0.717) is 31.5 Å². The van der Waals surface area contributed by atoms with Gasteiger partial charge in [-0.05, 0) is 40.9 Å². The maximum Gasteiger partial charge on any atom is 0.252 e. The third-order valence-corrected chi connectivity index (χ3v) is 4.22. The van der Waals surface area contributed by atoms with Crippen LogP contribution in [0.25, 0.3) is 0 Å². The fraction of sp³-hybridized carbons (Fsp3) is 0.400. The van der Waals surface area contributed by atoms with E-state index in [1.165, 1.54) is 0 Å². The fourth-order valence-electron chi connectivity index (χ4n) is 2.36. The Balaban J connectivity index is 1.87. The number of hydrogen-bond donors (Lipinski definition) is 1. The van der Waals surface area contributed by atoms with Crippen LogP contribution in [0.5, 0.6) is 0 Å². The van der Waals surface area contributed by atoms with Gasteiger partial charge in [0.25, 0.3) is 5.91 Å². The smallest absolute Gasteiger partial charge is 0.252 e. The second-order valence-corrected chi connectivity index (χ2v) is 5.80. The van der Waals surface area contributed by atoms with Gasteiger partial charge in [-0.1, -0.05) is 12.1 Å². The second-order valence-electron chi connectivity index (χ2n) is 4.94. The van der Waals surface area contributed by atoms with Crippen molar-refractivity contribution in [3.05, 3.63) is 34.3 Å². The first-order valence-electron chi connectivity index (χ1n) is 6.82. The third-order valence-electron chi connectivity index (χ3n) is 3.53. The summed E-state index contributed by atoms with van der Waals surface area (Å²) in [6.45, 7) is 1.17. The Morgan fingerprint density at radius 3 is 2.62 bits per heavy atom. The van der Waals surface area contributed by atoms with E-state index < -0.39 is 0 Å². The maximum absolute atomic E-state index is 12.2. The molecule has 0 spiro atoms. The van der Waals surface area contributed by atoms with Gasteiger partial charge in [-0.3, -0.25) is 9.59 Å². The van der Waals surface area contributed by atoms with Crippen LogP contribution >= 0.6 is 15.9 Å². The number of benzene rings is 1. The summed E-state index contributed by atoms with van der Waals surface area (Å²) in [5, 5.41) is 11.5. The van der Waals surface area contributed by atoms with Crippen LogP contribution in [0, 0.1) is 11.3 Å². The number of likely N-dealkylation sites (tertiary alicyclic amines) is 1. The molecule has 110 valence electrons. The predicted octanol–water partition coefficient (Wildman–Crippen LogP) is 2.08. The lowest BCUT2D eigenvalue weighted by Gasteiger charge is -2.32. The largest absolute Gasteiger partial charge is 0.349 e. The standard InChI is InChI=1S/C15H16BrN3O2/c16-13-4-2-1-3-12(13)15(21)18-11-6-9-19(10-7-11)14(20)5-8-17/h1-4,11H,5-7,9-10H2,(H,18,21). The molecule has 0 atom stereocenters. The van der Waals surface area contributed by atoms with Crippen molar-refractivity contribution in [2.45, 2.75) is 25.3 Å². The Labute approximate surface area is 132 Å². The Hall–Kier alpha value is -1.87. The van der Waals surface area contributed by atoms with Crippen LogP contribution in [0.15, 0.2) is 28.7 Å². The van der Waals surface area contributed by atoms with Crippen molar-refractivity contribution in [2.24, 2.45) is 0 Å². The van der Waals surface area contributed by atoms with Gasteiger partial charge in [0.05, 0.1) is 11.6 Å². The minimum Gasteiger partial charge on any atom is -0.349 e. The van der Waals surface area contributed by atoms with E-state index in [1.807, 2.05) is 24.3 Å². The lowest BCUT2D eigenvalue weighted by molar-refractivity contribution is -0.131. The summed E-state index contributed by atoms with van der Waals surface area (Å²) < 4.78 is 0.768. The minimum absolute atomic E-state index is 0.0655. The number of piperidine rings is 1. The molecule has 1 fully saturated rings. The van der Waals surface area contributed by atoms with Crippen molar-refractivity contribution in [3.8, 4) is 6.07 Å². The number of nitrogens with zero attached hydrogens (tertiary/aromatic N) is 2. The topological polar surface area (TPSA) is 73.2 Å². The number of carbonyl (C=O) groups excluding carboxylic acids is 2. The Morgan fingerprint density at radius 1 is 1.33 bits per heavy atom. The Morgan fingerprint density at radius 2 is 2.00 bits per heavy atom. The molecule has 2 amide bonds. The molecule has 1 N–H and O–H groups in total. The van der Waals surface area contributed by atoms with Crippen LogP contribution in [0.4, 0.5) is 0 Å². The summed E-state index contributed by atoms with van der Waals surface area (Å²) in [4.78, 5) is 25.5. The molecule has 0 bridgehead atoms. The number of nitrogens with one attached hydrogen (secondary N) is 1. The maximum atomic E-state index is 12.2. The zero-order valence-corrected chi connectivity index (χ0v) is 13.1. The highest BCUT2D eigenvalue weighted by Crippen LogP contribution is 2.17. The first kappa shape index (κ1) is 15.5. The van der Waals surface area contributed by atoms with Gasteiger partial charge in [-0.25, -0.2) is 0 Å². The fourth-order valence-corrected chi connectivity index (χ4v) is 2.83. The summed E-state index contributed by atoms with van der Waals surface area (Å²) in [6.07, 6.45) is 1.36. The van der Waals surface area contributed by atoms with Crippen molar-refractivity contribution < 1.29 is 9.59 Å². The van der Waals surface area contributed by atoms with Gasteiger partial charge in [0.15, 0.2) is 0 Å². The number of rotatable bonds is 3. The van der Waals surface area contributed by atoms with Crippen molar-refractivity contribution in [3.63, 3.8) is 0 Å². The van der Waals surface area contributed by atoms with Gasteiger partial charge in [0, 0.05) is 23.6 Å². The van der Waals surface area contributed by atoms with Crippen LogP contribution in [0.3, 0.4) is 0 Å². The molecule has 21 heavy (non-hydrogen) atoms. The van der Waals surface area contributed by atoms with E-state index in [4.69, 9.17) is 5.26 Å². The molecule has 2 rings (SSSR count). The van der Waals surface area contributed by atoms with Gasteiger partial charge in [0.1, 0.15) is 6.42 Å². The van der Waals surface area contributed by atoms with Crippen LogP contribution in [0.2, 0.25) is 0 Å². The van der Waals surface area contributed by atoms with Crippen molar-refractivity contribution >= 4 is 27.7 Å². The molecule has 6 heteroatoms. The lowest BCUT2D eigenvalue weighted by Crippen LogP contribution is -2.46. The monoisotopic (exact) mass is 349 g/mol. The third kappa shape index (κ3) is 4.05. The summed E-state index contributed by atoms with van der Waals surface area (Å²) in [6, 6.07) is 9.22. The first-order valence-corrected chi connectivity index (χ1v) is 7.61. The summed E-state index contributed by atoms with van der Waals surface area (Å²) in [5.74, 6) is -0.239. The van der Waals surface area contributed by atoms with E-state index in [1.54, 1.807) is 11.0 Å². The molecule has 1 aliphatic heterocycles. The average Bonchev–Trinajstić information content (AvgIpc) is 2.48. The van der Waals surface area contributed by atoms with E-state index in [9.17, 15) is 9.59 Å². The predicted molar refractivity (Wildman–Crippen MR) is 81.4 cm³/mol. The molecule has 1 aliphatic rings. The number of carbonyl (C=O) groups is 2. The van der Waals surface area contributed by atoms with Crippen LogP contribution in [0.1, 0.15) is 29.6 Å². The molecule has 5 nitrogen and oxygen atoms in total. The lowest BCUT2D eigenvalue weighted by atomic mass is 10.0. The highest BCUT2D eigenvalue weighted by Gasteiger charge is 2.24. The molecule has 0 aromatic heterocycles. The highest BCUT2D eigenvalue weighted by atomic mass is 79.9. The summed E-state index contributed by atoms with van der Waals surface area (Å²) in [7, 11) is 0.